The molecule has 0 unspecified atom stereocenters. The van der Waals surface area contributed by atoms with Crippen molar-refractivity contribution in [1.29, 1.82) is 0 Å². The van der Waals surface area contributed by atoms with Crippen molar-refractivity contribution >= 4 is 23.0 Å². The normalized spacial score (nSPS) is 12.3. The Morgan fingerprint density at radius 2 is 1.77 bits per heavy atom. The molecular formula is C24H25NO6. The van der Waals surface area contributed by atoms with E-state index in [1.54, 1.807) is 39.8 Å². The molecule has 2 aromatic carbocycles. The van der Waals surface area contributed by atoms with Gasteiger partial charge in [-0.05, 0) is 51.0 Å². The van der Waals surface area contributed by atoms with Gasteiger partial charge in [0, 0.05) is 23.9 Å². The maximum absolute atomic E-state index is 12.9. The third-order valence-electron chi connectivity index (χ3n) is 4.40. The van der Waals surface area contributed by atoms with E-state index in [0.717, 1.165) is 16.5 Å². The second kappa shape index (κ2) is 9.04. The van der Waals surface area contributed by atoms with Gasteiger partial charge in [-0.25, -0.2) is 14.4 Å². The number of hydrogen-bond acceptors (Lipinski definition) is 6. The van der Waals surface area contributed by atoms with Gasteiger partial charge >= 0.3 is 17.7 Å². The minimum Gasteiger partial charge on any atom is -0.444 e. The van der Waals surface area contributed by atoms with Gasteiger partial charge in [-0.3, -0.25) is 0 Å². The molecule has 1 heterocycles. The summed E-state index contributed by atoms with van der Waals surface area (Å²) in [5.41, 5.74) is 0.731. The number of carbonyl (C=O) groups excluding carboxylic acids is 2. The number of aryl methyl sites for hydroxylation is 1. The summed E-state index contributed by atoms with van der Waals surface area (Å²) in [5, 5.41) is 3.33. The molecule has 162 valence electrons. The summed E-state index contributed by atoms with van der Waals surface area (Å²) in [5.74, 6) is -0.459. The van der Waals surface area contributed by atoms with Crippen LogP contribution in [0.25, 0.3) is 11.0 Å². The van der Waals surface area contributed by atoms with Crippen LogP contribution in [-0.2, 0) is 16.0 Å². The summed E-state index contributed by atoms with van der Waals surface area (Å²) in [6.45, 7) is 7.01. The summed E-state index contributed by atoms with van der Waals surface area (Å²) < 4.78 is 16.0. The Labute approximate surface area is 180 Å². The fourth-order valence-electron chi connectivity index (χ4n) is 3.05. The smallest absolute Gasteiger partial charge is 0.408 e. The van der Waals surface area contributed by atoms with Crippen molar-refractivity contribution in [3.63, 3.8) is 0 Å². The lowest BCUT2D eigenvalue weighted by Crippen LogP contribution is -2.46. The van der Waals surface area contributed by atoms with Crippen LogP contribution in [0.4, 0.5) is 4.79 Å². The second-order valence-electron chi connectivity index (χ2n) is 8.22. The molecule has 1 aromatic heterocycles. The Balaban J connectivity index is 1.82. The van der Waals surface area contributed by atoms with Crippen molar-refractivity contribution in [3.05, 3.63) is 76.1 Å². The Morgan fingerprint density at radius 1 is 1.06 bits per heavy atom. The van der Waals surface area contributed by atoms with E-state index in [-0.39, 0.29) is 12.2 Å². The highest BCUT2D eigenvalue weighted by Crippen LogP contribution is 2.23. The summed E-state index contributed by atoms with van der Waals surface area (Å²) in [4.78, 5) is 36.8. The van der Waals surface area contributed by atoms with Crippen LogP contribution < -0.4 is 15.7 Å². The molecule has 0 spiro atoms. The Kier molecular flexibility index (Phi) is 6.44. The van der Waals surface area contributed by atoms with Gasteiger partial charge in [0.1, 0.15) is 23.0 Å². The lowest BCUT2D eigenvalue weighted by molar-refractivity contribution is -0.136. The zero-order valence-corrected chi connectivity index (χ0v) is 17.9. The average Bonchev–Trinajstić information content (AvgIpc) is 2.66. The first kappa shape index (κ1) is 22.1. The molecule has 3 rings (SSSR count). The number of hydrogen-bond donors (Lipinski definition) is 1. The number of ether oxygens (including phenoxy) is 2. The van der Waals surface area contributed by atoms with Crippen molar-refractivity contribution in [2.45, 2.75) is 45.8 Å². The third kappa shape index (κ3) is 6.18. The SMILES string of the molecule is Cc1cc(=O)oc2cc(OC(=O)[C@H](Cc3ccccc3)NC(=O)OC(C)(C)C)ccc12. The van der Waals surface area contributed by atoms with Crippen LogP contribution in [0.1, 0.15) is 31.9 Å². The molecule has 1 atom stereocenters. The molecule has 31 heavy (non-hydrogen) atoms. The Hall–Kier alpha value is -3.61. The first-order valence-corrected chi connectivity index (χ1v) is 9.90. The predicted octanol–water partition coefficient (Wildman–Crippen LogP) is 4.14. The fraction of sp³-hybridized carbons (Fsp3) is 0.292. The zero-order valence-electron chi connectivity index (χ0n) is 17.9. The zero-order chi connectivity index (χ0) is 22.6. The molecule has 1 amide bonds. The molecule has 0 aliphatic heterocycles. The van der Waals surface area contributed by atoms with Crippen molar-refractivity contribution in [1.82, 2.24) is 5.32 Å². The van der Waals surface area contributed by atoms with Crippen LogP contribution in [0.3, 0.4) is 0 Å². The minimum absolute atomic E-state index is 0.204. The number of benzene rings is 2. The van der Waals surface area contributed by atoms with Gasteiger partial charge in [-0.15, -0.1) is 0 Å². The molecule has 7 heteroatoms. The number of carbonyl (C=O) groups is 2. The van der Waals surface area contributed by atoms with Gasteiger partial charge in [0.2, 0.25) is 0 Å². The summed E-state index contributed by atoms with van der Waals surface area (Å²) in [7, 11) is 0. The van der Waals surface area contributed by atoms with E-state index in [0.29, 0.717) is 5.58 Å². The molecule has 0 saturated heterocycles. The molecule has 0 aliphatic rings. The molecule has 0 radical (unpaired) electrons. The summed E-state index contributed by atoms with van der Waals surface area (Å²) in [6.07, 6.45) is -0.494. The van der Waals surface area contributed by atoms with Gasteiger partial charge in [0.05, 0.1) is 0 Å². The van der Waals surface area contributed by atoms with Crippen LogP contribution in [0.5, 0.6) is 5.75 Å². The van der Waals surface area contributed by atoms with E-state index in [4.69, 9.17) is 13.9 Å². The van der Waals surface area contributed by atoms with Crippen LogP contribution in [0.2, 0.25) is 0 Å². The van der Waals surface area contributed by atoms with Crippen molar-refractivity contribution in [2.24, 2.45) is 0 Å². The quantitative estimate of drug-likeness (QED) is 0.376. The fourth-order valence-corrected chi connectivity index (χ4v) is 3.05. The van der Waals surface area contributed by atoms with Gasteiger partial charge < -0.3 is 19.2 Å². The largest absolute Gasteiger partial charge is 0.444 e. The maximum atomic E-state index is 12.9. The highest BCUT2D eigenvalue weighted by molar-refractivity contribution is 5.85. The van der Waals surface area contributed by atoms with E-state index < -0.39 is 29.3 Å². The molecule has 1 N–H and O–H groups in total. The first-order valence-electron chi connectivity index (χ1n) is 9.90. The maximum Gasteiger partial charge on any atom is 0.408 e. The Bertz CT molecular complexity index is 1140. The molecule has 3 aromatic rings. The molecule has 7 nitrogen and oxygen atoms in total. The van der Waals surface area contributed by atoms with Gasteiger partial charge in [-0.1, -0.05) is 30.3 Å². The molecule has 0 aliphatic carbocycles. The van der Waals surface area contributed by atoms with Crippen molar-refractivity contribution in [3.8, 4) is 5.75 Å². The highest BCUT2D eigenvalue weighted by atomic mass is 16.6. The molecule has 0 fully saturated rings. The van der Waals surface area contributed by atoms with E-state index in [9.17, 15) is 14.4 Å². The number of alkyl carbamates (subject to hydrolysis) is 1. The topological polar surface area (TPSA) is 94.8 Å². The lowest BCUT2D eigenvalue weighted by atomic mass is 10.1. The standard InChI is InChI=1S/C24H25NO6/c1-15-12-21(26)30-20-14-17(10-11-18(15)20)29-22(27)19(13-16-8-6-5-7-9-16)25-23(28)31-24(2,3)4/h5-12,14,19H,13H2,1-4H3,(H,25,28)/t19-/m0/s1. The van der Waals surface area contributed by atoms with Gasteiger partial charge in [0.15, 0.2) is 0 Å². The first-order chi connectivity index (χ1) is 14.6. The lowest BCUT2D eigenvalue weighted by Gasteiger charge is -2.23. The summed E-state index contributed by atoms with van der Waals surface area (Å²) in [6, 6.07) is 14.5. The van der Waals surface area contributed by atoms with Gasteiger partial charge in [-0.2, -0.15) is 0 Å². The molecule has 0 bridgehead atoms. The molecule has 0 saturated carbocycles. The van der Waals surface area contributed by atoms with E-state index >= 15 is 0 Å². The number of rotatable bonds is 5. The van der Waals surface area contributed by atoms with Crippen molar-refractivity contribution in [2.75, 3.05) is 0 Å². The highest BCUT2D eigenvalue weighted by Gasteiger charge is 2.26. The number of nitrogens with one attached hydrogen (secondary N) is 1. The third-order valence-corrected chi connectivity index (χ3v) is 4.40. The number of esters is 1. The molecular weight excluding hydrogens is 398 g/mol. The second-order valence-corrected chi connectivity index (χ2v) is 8.22. The Morgan fingerprint density at radius 3 is 2.45 bits per heavy atom. The minimum atomic E-state index is -0.975. The van der Waals surface area contributed by atoms with Gasteiger partial charge in [0.25, 0.3) is 0 Å². The van der Waals surface area contributed by atoms with Crippen molar-refractivity contribution < 1.29 is 23.5 Å². The van der Waals surface area contributed by atoms with E-state index in [1.807, 2.05) is 30.3 Å². The van der Waals surface area contributed by atoms with Crippen LogP contribution in [-0.4, -0.2) is 23.7 Å². The predicted molar refractivity (Wildman–Crippen MR) is 116 cm³/mol. The average molecular weight is 423 g/mol. The number of fused-ring (bicyclic) bond motifs is 1. The summed E-state index contributed by atoms with van der Waals surface area (Å²) >= 11 is 0. The van der Waals surface area contributed by atoms with E-state index in [2.05, 4.69) is 5.32 Å². The van der Waals surface area contributed by atoms with Crippen LogP contribution in [0, 0.1) is 6.92 Å². The van der Waals surface area contributed by atoms with Crippen LogP contribution in [0.15, 0.2) is 63.8 Å². The number of amides is 1. The van der Waals surface area contributed by atoms with E-state index in [1.165, 1.54) is 12.1 Å². The monoisotopic (exact) mass is 423 g/mol. The van der Waals surface area contributed by atoms with Crippen LogP contribution >= 0.6 is 0 Å².